The third kappa shape index (κ3) is 2.05. The van der Waals surface area contributed by atoms with E-state index in [1.165, 1.54) is 23.2 Å². The summed E-state index contributed by atoms with van der Waals surface area (Å²) in [5, 5.41) is 17.9. The molecule has 0 radical (unpaired) electrons. The van der Waals surface area contributed by atoms with E-state index in [1.54, 1.807) is 12.1 Å². The summed E-state index contributed by atoms with van der Waals surface area (Å²) >= 11 is 0. The number of anilines is 1. The van der Waals surface area contributed by atoms with Crippen LogP contribution in [0.2, 0.25) is 0 Å². The highest BCUT2D eigenvalue weighted by Crippen LogP contribution is 2.41. The van der Waals surface area contributed by atoms with E-state index in [4.69, 9.17) is 10.4 Å². The number of rotatable bonds is 2. The third-order valence-corrected chi connectivity index (χ3v) is 4.17. The molecule has 4 heteroatoms. The van der Waals surface area contributed by atoms with Crippen LogP contribution in [0.25, 0.3) is 0 Å². The topological polar surface area (TPSA) is 64.3 Å². The molecular weight excluding hydrogens is 252 g/mol. The standard InChI is InChI=1S/C16H16N2O2/c17-10-13(16(19)20)9-12-6-8-18-7-2-4-11-3-1-5-14(12)15(11)18/h1,3,5,9,12H,2,4,6-8H2,(H,19,20). The molecule has 2 heterocycles. The minimum atomic E-state index is -1.14. The van der Waals surface area contributed by atoms with E-state index >= 15 is 0 Å². The lowest BCUT2D eigenvalue weighted by Crippen LogP contribution is -2.35. The van der Waals surface area contributed by atoms with E-state index in [-0.39, 0.29) is 11.5 Å². The van der Waals surface area contributed by atoms with Gasteiger partial charge in [-0.1, -0.05) is 24.3 Å². The average molecular weight is 268 g/mol. The smallest absolute Gasteiger partial charge is 0.346 e. The first-order valence-corrected chi connectivity index (χ1v) is 6.92. The second-order valence-corrected chi connectivity index (χ2v) is 5.34. The zero-order valence-corrected chi connectivity index (χ0v) is 11.2. The fourth-order valence-corrected chi connectivity index (χ4v) is 3.27. The number of hydrogen-bond acceptors (Lipinski definition) is 3. The van der Waals surface area contributed by atoms with Gasteiger partial charge in [0.15, 0.2) is 0 Å². The zero-order chi connectivity index (χ0) is 14.1. The van der Waals surface area contributed by atoms with Crippen molar-refractivity contribution in [2.45, 2.75) is 25.2 Å². The molecule has 0 bridgehead atoms. The second-order valence-electron chi connectivity index (χ2n) is 5.34. The molecule has 0 aromatic heterocycles. The molecule has 20 heavy (non-hydrogen) atoms. The van der Waals surface area contributed by atoms with Crippen LogP contribution in [0.1, 0.15) is 29.9 Å². The molecule has 102 valence electrons. The first kappa shape index (κ1) is 12.7. The van der Waals surface area contributed by atoms with Crippen molar-refractivity contribution in [2.75, 3.05) is 18.0 Å². The maximum Gasteiger partial charge on any atom is 0.346 e. The SMILES string of the molecule is N#CC(=CC1CCN2CCCc3cccc1c32)C(=O)O. The Bertz CT molecular complexity index is 628. The van der Waals surface area contributed by atoms with Crippen LogP contribution >= 0.6 is 0 Å². The molecule has 0 saturated heterocycles. The number of carboxylic acids is 1. The fraction of sp³-hybridized carbons (Fsp3) is 0.375. The summed E-state index contributed by atoms with van der Waals surface area (Å²) in [5.74, 6) is -1.11. The van der Waals surface area contributed by atoms with E-state index in [9.17, 15) is 4.79 Å². The van der Waals surface area contributed by atoms with Gasteiger partial charge in [-0.2, -0.15) is 5.26 Å². The predicted molar refractivity (Wildman–Crippen MR) is 75.7 cm³/mol. The lowest BCUT2D eigenvalue weighted by atomic mass is 9.84. The van der Waals surface area contributed by atoms with Crippen molar-refractivity contribution in [3.8, 4) is 6.07 Å². The molecule has 2 aliphatic heterocycles. The first-order chi connectivity index (χ1) is 9.70. The van der Waals surface area contributed by atoms with Crippen molar-refractivity contribution in [1.82, 2.24) is 0 Å². The van der Waals surface area contributed by atoms with Gasteiger partial charge in [0.2, 0.25) is 0 Å². The first-order valence-electron chi connectivity index (χ1n) is 6.92. The van der Waals surface area contributed by atoms with Gasteiger partial charge in [0.25, 0.3) is 0 Å². The molecule has 0 saturated carbocycles. The van der Waals surface area contributed by atoms with Gasteiger partial charge in [0, 0.05) is 24.7 Å². The summed E-state index contributed by atoms with van der Waals surface area (Å²) < 4.78 is 0. The summed E-state index contributed by atoms with van der Waals surface area (Å²) in [6.45, 7) is 2.01. The Morgan fingerprint density at radius 1 is 1.45 bits per heavy atom. The Morgan fingerprint density at radius 2 is 2.30 bits per heavy atom. The van der Waals surface area contributed by atoms with E-state index in [0.29, 0.717) is 0 Å². The van der Waals surface area contributed by atoms with Crippen molar-refractivity contribution < 1.29 is 9.90 Å². The molecule has 1 aromatic rings. The van der Waals surface area contributed by atoms with Gasteiger partial charge in [-0.25, -0.2) is 4.79 Å². The van der Waals surface area contributed by atoms with Gasteiger partial charge >= 0.3 is 5.97 Å². The number of benzene rings is 1. The van der Waals surface area contributed by atoms with Crippen molar-refractivity contribution in [3.63, 3.8) is 0 Å². The molecule has 4 nitrogen and oxygen atoms in total. The number of allylic oxidation sites excluding steroid dienone is 1. The van der Waals surface area contributed by atoms with Gasteiger partial charge in [-0.15, -0.1) is 0 Å². The Morgan fingerprint density at radius 3 is 3.05 bits per heavy atom. The van der Waals surface area contributed by atoms with Crippen molar-refractivity contribution in [1.29, 1.82) is 5.26 Å². The van der Waals surface area contributed by atoms with Crippen molar-refractivity contribution in [2.24, 2.45) is 0 Å². The molecule has 1 aromatic carbocycles. The number of aryl methyl sites for hydroxylation is 1. The third-order valence-electron chi connectivity index (χ3n) is 4.17. The number of carbonyl (C=O) groups is 1. The van der Waals surface area contributed by atoms with Gasteiger partial charge in [-0.05, 0) is 30.4 Å². The Labute approximate surface area is 117 Å². The molecule has 0 amide bonds. The van der Waals surface area contributed by atoms with Crippen LogP contribution in [-0.4, -0.2) is 24.2 Å². The Hall–Kier alpha value is -2.28. The van der Waals surface area contributed by atoms with Crippen molar-refractivity contribution in [3.05, 3.63) is 41.0 Å². The minimum Gasteiger partial charge on any atom is -0.477 e. The Kier molecular flexibility index (Phi) is 3.19. The maximum absolute atomic E-state index is 11.0. The summed E-state index contributed by atoms with van der Waals surface area (Å²) in [4.78, 5) is 13.4. The predicted octanol–water partition coefficient (Wildman–Crippen LogP) is 2.46. The van der Waals surface area contributed by atoms with Crippen LogP contribution in [0.4, 0.5) is 5.69 Å². The van der Waals surface area contributed by atoms with E-state index < -0.39 is 5.97 Å². The van der Waals surface area contributed by atoms with Crippen molar-refractivity contribution >= 4 is 11.7 Å². The van der Waals surface area contributed by atoms with Crippen LogP contribution in [0.3, 0.4) is 0 Å². The number of nitrogens with zero attached hydrogens (tertiary/aromatic N) is 2. The number of hydrogen-bond donors (Lipinski definition) is 1. The molecule has 0 spiro atoms. The van der Waals surface area contributed by atoms with Crippen LogP contribution in [0, 0.1) is 11.3 Å². The summed E-state index contributed by atoms with van der Waals surface area (Å²) in [7, 11) is 0. The summed E-state index contributed by atoms with van der Waals surface area (Å²) in [6.07, 6.45) is 4.74. The lowest BCUT2D eigenvalue weighted by molar-refractivity contribution is -0.132. The molecule has 3 rings (SSSR count). The average Bonchev–Trinajstić information content (AvgIpc) is 2.47. The highest BCUT2D eigenvalue weighted by Gasteiger charge is 2.28. The monoisotopic (exact) mass is 268 g/mol. The van der Waals surface area contributed by atoms with Crippen LogP contribution in [-0.2, 0) is 11.2 Å². The summed E-state index contributed by atoms with van der Waals surface area (Å²) in [6, 6.07) is 8.04. The van der Waals surface area contributed by atoms with Crippen LogP contribution < -0.4 is 4.90 Å². The lowest BCUT2D eigenvalue weighted by Gasteiger charge is -2.39. The number of carboxylic acid groups (broad SMARTS) is 1. The fourth-order valence-electron chi connectivity index (χ4n) is 3.27. The normalized spacial score (nSPS) is 21.1. The molecule has 0 aliphatic carbocycles. The second kappa shape index (κ2) is 5.01. The molecule has 1 atom stereocenters. The quantitative estimate of drug-likeness (QED) is 0.661. The molecule has 1 unspecified atom stereocenters. The highest BCUT2D eigenvalue weighted by atomic mass is 16.4. The molecule has 1 N–H and O–H groups in total. The minimum absolute atomic E-state index is 0.0325. The number of nitriles is 1. The van der Waals surface area contributed by atoms with Gasteiger partial charge < -0.3 is 10.0 Å². The van der Waals surface area contributed by atoms with E-state index in [0.717, 1.165) is 25.9 Å². The Balaban J connectivity index is 2.05. The van der Waals surface area contributed by atoms with Gasteiger partial charge in [0.05, 0.1) is 0 Å². The molecule has 2 aliphatic rings. The maximum atomic E-state index is 11.0. The van der Waals surface area contributed by atoms with E-state index in [1.807, 2.05) is 6.07 Å². The molecular formula is C16H16N2O2. The van der Waals surface area contributed by atoms with Crippen LogP contribution in [0.5, 0.6) is 0 Å². The largest absolute Gasteiger partial charge is 0.477 e. The van der Waals surface area contributed by atoms with Gasteiger partial charge in [-0.3, -0.25) is 0 Å². The summed E-state index contributed by atoms with van der Waals surface area (Å²) in [5.41, 5.74) is 3.63. The van der Waals surface area contributed by atoms with Crippen LogP contribution in [0.15, 0.2) is 29.8 Å². The molecule has 0 fully saturated rings. The zero-order valence-electron chi connectivity index (χ0n) is 11.2. The highest BCUT2D eigenvalue weighted by molar-refractivity contribution is 5.91. The van der Waals surface area contributed by atoms with E-state index in [2.05, 4.69) is 17.0 Å². The van der Waals surface area contributed by atoms with Gasteiger partial charge in [0.1, 0.15) is 11.6 Å². The number of para-hydroxylation sites is 1. The number of aliphatic carboxylic acids is 1.